The van der Waals surface area contributed by atoms with Crippen molar-refractivity contribution < 1.29 is 0 Å². The summed E-state index contributed by atoms with van der Waals surface area (Å²) in [6, 6.07) is 8.77. The number of nitrogens with zero attached hydrogens (tertiary/aromatic N) is 3. The van der Waals surface area contributed by atoms with Crippen molar-refractivity contribution in [2.45, 2.75) is 0 Å². The number of hydrogen-bond acceptors (Lipinski definition) is 3. The molecule has 0 unspecified atom stereocenters. The van der Waals surface area contributed by atoms with Crippen molar-refractivity contribution in [1.29, 1.82) is 5.26 Å². The molecule has 1 heterocycles. The molecule has 0 saturated heterocycles. The average Bonchev–Trinajstić information content (AvgIpc) is 2.38. The number of benzene rings is 1. The van der Waals surface area contributed by atoms with E-state index in [1.54, 1.807) is 30.3 Å². The summed E-state index contributed by atoms with van der Waals surface area (Å²) < 4.78 is 3.07. The lowest BCUT2D eigenvalue weighted by Gasteiger charge is -2.07. The molecule has 90 valence electrons. The zero-order chi connectivity index (χ0) is 13.3. The zero-order valence-electron chi connectivity index (χ0n) is 9.42. The van der Waals surface area contributed by atoms with Gasteiger partial charge in [-0.1, -0.05) is 15.9 Å². The van der Waals surface area contributed by atoms with Crippen molar-refractivity contribution >= 4 is 15.9 Å². The van der Waals surface area contributed by atoms with Crippen LogP contribution in [-0.2, 0) is 7.05 Å². The van der Waals surface area contributed by atoms with E-state index in [1.807, 2.05) is 0 Å². The fourth-order valence-corrected chi connectivity index (χ4v) is 1.80. The molecule has 0 spiro atoms. The second-order valence-electron chi connectivity index (χ2n) is 3.65. The highest BCUT2D eigenvalue weighted by Gasteiger charge is 2.09. The van der Waals surface area contributed by atoms with Gasteiger partial charge in [-0.15, -0.1) is 0 Å². The Morgan fingerprint density at radius 2 is 1.83 bits per heavy atom. The van der Waals surface area contributed by atoms with Gasteiger partial charge in [-0.2, -0.15) is 5.26 Å². The molecule has 6 heteroatoms. The van der Waals surface area contributed by atoms with Crippen LogP contribution in [0.4, 0.5) is 0 Å². The maximum absolute atomic E-state index is 11.9. The third-order valence-corrected chi connectivity index (χ3v) is 3.04. The molecule has 0 bridgehead atoms. The SMILES string of the molecule is Cn1c(=O)c(C#N)cn(-c2ccc(Br)cc2)c1=O. The maximum atomic E-state index is 11.9. The summed E-state index contributed by atoms with van der Waals surface area (Å²) >= 11 is 3.30. The Morgan fingerprint density at radius 3 is 2.39 bits per heavy atom. The molecule has 2 aromatic rings. The summed E-state index contributed by atoms with van der Waals surface area (Å²) in [6.07, 6.45) is 1.26. The molecule has 1 aromatic carbocycles. The van der Waals surface area contributed by atoms with Crippen LogP contribution in [0.25, 0.3) is 5.69 Å². The minimum Gasteiger partial charge on any atom is -0.268 e. The molecule has 0 saturated carbocycles. The standard InChI is InChI=1S/C12H8BrN3O2/c1-15-11(17)8(6-14)7-16(12(15)18)10-4-2-9(13)3-5-10/h2-5,7H,1H3. The highest BCUT2D eigenvalue weighted by atomic mass is 79.9. The molecule has 0 aliphatic heterocycles. The second-order valence-corrected chi connectivity index (χ2v) is 4.56. The zero-order valence-corrected chi connectivity index (χ0v) is 11.0. The Morgan fingerprint density at radius 1 is 1.22 bits per heavy atom. The van der Waals surface area contributed by atoms with Gasteiger partial charge in [0.25, 0.3) is 5.56 Å². The van der Waals surface area contributed by atoms with Crippen LogP contribution in [-0.4, -0.2) is 9.13 Å². The number of rotatable bonds is 1. The fourth-order valence-electron chi connectivity index (χ4n) is 1.53. The lowest BCUT2D eigenvalue weighted by molar-refractivity contribution is 0.724. The van der Waals surface area contributed by atoms with Crippen molar-refractivity contribution in [1.82, 2.24) is 9.13 Å². The Labute approximate surface area is 111 Å². The molecular formula is C12H8BrN3O2. The fraction of sp³-hybridized carbons (Fsp3) is 0.0833. The number of nitriles is 1. The van der Waals surface area contributed by atoms with E-state index in [-0.39, 0.29) is 5.56 Å². The van der Waals surface area contributed by atoms with Gasteiger partial charge in [0.05, 0.1) is 5.69 Å². The smallest absolute Gasteiger partial charge is 0.268 e. The van der Waals surface area contributed by atoms with Crippen LogP contribution < -0.4 is 11.2 Å². The largest absolute Gasteiger partial charge is 0.335 e. The summed E-state index contributed by atoms with van der Waals surface area (Å²) in [4.78, 5) is 23.5. The van der Waals surface area contributed by atoms with Gasteiger partial charge >= 0.3 is 5.69 Å². The van der Waals surface area contributed by atoms with Crippen molar-refractivity contribution in [2.75, 3.05) is 0 Å². The van der Waals surface area contributed by atoms with Gasteiger partial charge in [0, 0.05) is 17.7 Å². The summed E-state index contributed by atoms with van der Waals surface area (Å²) in [7, 11) is 1.35. The van der Waals surface area contributed by atoms with Gasteiger partial charge in [0.1, 0.15) is 11.6 Å². The van der Waals surface area contributed by atoms with E-state index in [0.717, 1.165) is 9.04 Å². The van der Waals surface area contributed by atoms with E-state index in [9.17, 15) is 9.59 Å². The third-order valence-electron chi connectivity index (χ3n) is 2.51. The predicted molar refractivity (Wildman–Crippen MR) is 69.7 cm³/mol. The van der Waals surface area contributed by atoms with Crippen molar-refractivity contribution in [3.63, 3.8) is 0 Å². The first-order valence-corrected chi connectivity index (χ1v) is 5.82. The molecule has 0 fully saturated rings. The van der Waals surface area contributed by atoms with E-state index in [1.165, 1.54) is 17.8 Å². The van der Waals surface area contributed by atoms with Crippen molar-refractivity contribution in [2.24, 2.45) is 7.05 Å². The Hall–Kier alpha value is -2.13. The average molecular weight is 306 g/mol. The van der Waals surface area contributed by atoms with Crippen LogP contribution in [0.2, 0.25) is 0 Å². The highest BCUT2D eigenvalue weighted by molar-refractivity contribution is 9.10. The van der Waals surface area contributed by atoms with Crippen molar-refractivity contribution in [3.05, 3.63) is 61.3 Å². The number of aromatic nitrogens is 2. The first-order valence-electron chi connectivity index (χ1n) is 5.03. The normalized spacial score (nSPS) is 10.1. The van der Waals surface area contributed by atoms with Crippen LogP contribution in [0.1, 0.15) is 5.56 Å². The van der Waals surface area contributed by atoms with E-state index in [2.05, 4.69) is 15.9 Å². The number of hydrogen-bond donors (Lipinski definition) is 0. The van der Waals surface area contributed by atoms with E-state index in [4.69, 9.17) is 5.26 Å². The summed E-state index contributed by atoms with van der Waals surface area (Å²) in [5, 5.41) is 8.86. The summed E-state index contributed by atoms with van der Waals surface area (Å²) in [5.41, 5.74) is -0.549. The first kappa shape index (κ1) is 12.3. The van der Waals surface area contributed by atoms with E-state index < -0.39 is 11.2 Å². The molecule has 1 aromatic heterocycles. The molecule has 0 aliphatic rings. The van der Waals surface area contributed by atoms with Gasteiger partial charge in [0.15, 0.2) is 0 Å². The molecule has 18 heavy (non-hydrogen) atoms. The first-order chi connectivity index (χ1) is 8.54. The monoisotopic (exact) mass is 305 g/mol. The lowest BCUT2D eigenvalue weighted by atomic mass is 10.3. The molecule has 0 atom stereocenters. The Kier molecular flexibility index (Phi) is 3.17. The van der Waals surface area contributed by atoms with Crippen LogP contribution >= 0.6 is 15.9 Å². The van der Waals surface area contributed by atoms with Gasteiger partial charge in [-0.3, -0.25) is 13.9 Å². The van der Waals surface area contributed by atoms with Gasteiger partial charge < -0.3 is 0 Å². The summed E-state index contributed by atoms with van der Waals surface area (Å²) in [5.74, 6) is 0. The van der Waals surface area contributed by atoms with Crippen LogP contribution in [0, 0.1) is 11.3 Å². The topological polar surface area (TPSA) is 67.8 Å². The van der Waals surface area contributed by atoms with Crippen LogP contribution in [0.5, 0.6) is 0 Å². The molecule has 0 N–H and O–H groups in total. The van der Waals surface area contributed by atoms with Gasteiger partial charge in [0.2, 0.25) is 0 Å². The summed E-state index contributed by atoms with van der Waals surface area (Å²) in [6.45, 7) is 0. The molecule has 2 rings (SSSR count). The Balaban J connectivity index is 2.77. The molecule has 5 nitrogen and oxygen atoms in total. The molecule has 0 aliphatic carbocycles. The predicted octanol–water partition coefficient (Wildman–Crippen LogP) is 1.17. The minimum absolute atomic E-state index is 0.0694. The molecule has 0 amide bonds. The minimum atomic E-state index is -0.587. The second kappa shape index (κ2) is 4.63. The van der Waals surface area contributed by atoms with Crippen LogP contribution in [0.3, 0.4) is 0 Å². The van der Waals surface area contributed by atoms with Crippen molar-refractivity contribution in [3.8, 4) is 11.8 Å². The molecular weight excluding hydrogens is 298 g/mol. The van der Waals surface area contributed by atoms with Gasteiger partial charge in [-0.25, -0.2) is 4.79 Å². The Bertz CT molecular complexity index is 751. The maximum Gasteiger partial charge on any atom is 0.335 e. The lowest BCUT2D eigenvalue weighted by Crippen LogP contribution is -2.38. The molecule has 0 radical (unpaired) electrons. The van der Waals surface area contributed by atoms with E-state index in [0.29, 0.717) is 5.69 Å². The third kappa shape index (κ3) is 2.00. The number of halogens is 1. The highest BCUT2D eigenvalue weighted by Crippen LogP contribution is 2.12. The quantitative estimate of drug-likeness (QED) is 0.794. The van der Waals surface area contributed by atoms with Gasteiger partial charge in [-0.05, 0) is 24.3 Å². The van der Waals surface area contributed by atoms with Crippen LogP contribution in [0.15, 0.2) is 44.5 Å². The van der Waals surface area contributed by atoms with E-state index >= 15 is 0 Å².